The molecule has 5 heteroatoms. The average molecular weight is 253 g/mol. The monoisotopic (exact) mass is 253 g/mol. The summed E-state index contributed by atoms with van der Waals surface area (Å²) in [5, 5.41) is 5.62. The number of likely N-dealkylation sites (N-methyl/N-ethyl adjacent to an activating group) is 1. The minimum absolute atomic E-state index is 0.0198. The smallest absolute Gasteiger partial charge is 0.317 e. The van der Waals surface area contributed by atoms with E-state index in [0.29, 0.717) is 6.54 Å². The maximum atomic E-state index is 11.9. The maximum Gasteiger partial charge on any atom is 0.317 e. The molecule has 0 aromatic rings. The fourth-order valence-corrected chi connectivity index (χ4v) is 2.35. The zero-order valence-corrected chi connectivity index (χ0v) is 11.2. The van der Waals surface area contributed by atoms with Crippen LogP contribution in [0.4, 0.5) is 4.79 Å². The molecule has 1 saturated carbocycles. The van der Waals surface area contributed by atoms with E-state index in [1.165, 1.54) is 0 Å². The van der Waals surface area contributed by atoms with Crippen molar-refractivity contribution in [1.29, 1.82) is 0 Å². The number of nitrogens with one attached hydrogen (secondary N) is 2. The molecule has 1 rings (SSSR count). The van der Waals surface area contributed by atoms with Crippen molar-refractivity contribution in [3.8, 4) is 0 Å². The van der Waals surface area contributed by atoms with Crippen LogP contribution in [-0.4, -0.2) is 43.5 Å². The average Bonchev–Trinajstić information content (AvgIpc) is 2.38. The molecule has 2 N–H and O–H groups in total. The number of carbonyl (C=O) groups is 2. The Hall–Kier alpha value is -1.52. The molecule has 0 bridgehead atoms. The van der Waals surface area contributed by atoms with Crippen LogP contribution in [0.3, 0.4) is 0 Å². The van der Waals surface area contributed by atoms with Gasteiger partial charge < -0.3 is 15.5 Å². The molecule has 0 aliphatic heterocycles. The van der Waals surface area contributed by atoms with E-state index in [0.717, 1.165) is 25.7 Å². The van der Waals surface area contributed by atoms with E-state index in [-0.39, 0.29) is 23.9 Å². The molecule has 0 heterocycles. The van der Waals surface area contributed by atoms with Crippen LogP contribution in [0.15, 0.2) is 12.7 Å². The maximum absolute atomic E-state index is 11.9. The first-order valence-electron chi connectivity index (χ1n) is 6.44. The molecule has 0 aromatic carbocycles. The standard InChI is InChI=1S/C13H23N3O2/c1-4-9-16(3)13(18)15-11-8-6-5-7-10(11)12(17)14-2/h4,10-11H,1,5-9H2,2-3H3,(H,14,17)(H,15,18). The second-order valence-corrected chi connectivity index (χ2v) is 4.73. The number of amides is 3. The van der Waals surface area contributed by atoms with Crippen molar-refractivity contribution in [1.82, 2.24) is 15.5 Å². The van der Waals surface area contributed by atoms with Crippen molar-refractivity contribution >= 4 is 11.9 Å². The van der Waals surface area contributed by atoms with Gasteiger partial charge in [0.2, 0.25) is 5.91 Å². The van der Waals surface area contributed by atoms with Crippen LogP contribution in [-0.2, 0) is 4.79 Å². The Kier molecular flexibility index (Phi) is 5.68. The second kappa shape index (κ2) is 7.03. The highest BCUT2D eigenvalue weighted by atomic mass is 16.2. The first-order valence-corrected chi connectivity index (χ1v) is 6.44. The molecule has 2 unspecified atom stereocenters. The lowest BCUT2D eigenvalue weighted by atomic mass is 9.84. The van der Waals surface area contributed by atoms with E-state index < -0.39 is 0 Å². The summed E-state index contributed by atoms with van der Waals surface area (Å²) in [5.41, 5.74) is 0. The van der Waals surface area contributed by atoms with Crippen LogP contribution in [0.2, 0.25) is 0 Å². The van der Waals surface area contributed by atoms with Gasteiger partial charge in [-0.15, -0.1) is 6.58 Å². The SMILES string of the molecule is C=CCN(C)C(=O)NC1CCCCC1C(=O)NC. The summed E-state index contributed by atoms with van der Waals surface area (Å²) < 4.78 is 0. The van der Waals surface area contributed by atoms with Gasteiger partial charge in [-0.05, 0) is 12.8 Å². The molecule has 1 fully saturated rings. The van der Waals surface area contributed by atoms with Gasteiger partial charge in [0.25, 0.3) is 0 Å². The molecule has 1 aliphatic carbocycles. The highest BCUT2D eigenvalue weighted by molar-refractivity contribution is 5.81. The fraction of sp³-hybridized carbons (Fsp3) is 0.692. The molecule has 2 atom stereocenters. The third kappa shape index (κ3) is 3.75. The Balaban J connectivity index is 2.59. The number of hydrogen-bond acceptors (Lipinski definition) is 2. The van der Waals surface area contributed by atoms with Crippen LogP contribution < -0.4 is 10.6 Å². The van der Waals surface area contributed by atoms with Crippen LogP contribution in [0, 0.1) is 5.92 Å². The van der Waals surface area contributed by atoms with E-state index in [2.05, 4.69) is 17.2 Å². The lowest BCUT2D eigenvalue weighted by molar-refractivity contribution is -0.126. The Labute approximate surface area is 109 Å². The van der Waals surface area contributed by atoms with Crippen LogP contribution >= 0.6 is 0 Å². The first-order chi connectivity index (χ1) is 8.60. The van der Waals surface area contributed by atoms with Crippen LogP contribution in [0.5, 0.6) is 0 Å². The minimum atomic E-state index is -0.143. The van der Waals surface area contributed by atoms with Gasteiger partial charge in [-0.2, -0.15) is 0 Å². The second-order valence-electron chi connectivity index (χ2n) is 4.73. The van der Waals surface area contributed by atoms with Gasteiger partial charge in [-0.3, -0.25) is 4.79 Å². The lowest BCUT2D eigenvalue weighted by Gasteiger charge is -2.32. The summed E-state index contributed by atoms with van der Waals surface area (Å²) in [5.74, 6) is -0.0868. The molecule has 5 nitrogen and oxygen atoms in total. The van der Waals surface area contributed by atoms with Crippen molar-refractivity contribution in [2.45, 2.75) is 31.7 Å². The third-order valence-electron chi connectivity index (χ3n) is 3.41. The Morgan fingerprint density at radius 1 is 1.39 bits per heavy atom. The summed E-state index contributed by atoms with van der Waals surface area (Å²) in [4.78, 5) is 25.2. The molecule has 18 heavy (non-hydrogen) atoms. The van der Waals surface area contributed by atoms with E-state index >= 15 is 0 Å². The van der Waals surface area contributed by atoms with Crippen molar-refractivity contribution in [3.63, 3.8) is 0 Å². The number of carbonyl (C=O) groups excluding carboxylic acids is 2. The number of hydrogen-bond donors (Lipinski definition) is 2. The van der Waals surface area contributed by atoms with Crippen LogP contribution in [0.25, 0.3) is 0 Å². The van der Waals surface area contributed by atoms with Gasteiger partial charge in [0.1, 0.15) is 0 Å². The highest BCUT2D eigenvalue weighted by Gasteiger charge is 2.31. The van der Waals surface area contributed by atoms with Crippen molar-refractivity contribution in [2.75, 3.05) is 20.6 Å². The van der Waals surface area contributed by atoms with E-state index in [9.17, 15) is 9.59 Å². The summed E-state index contributed by atoms with van der Waals surface area (Å²) >= 11 is 0. The van der Waals surface area contributed by atoms with Gasteiger partial charge in [0, 0.05) is 26.7 Å². The third-order valence-corrected chi connectivity index (χ3v) is 3.41. The summed E-state index contributed by atoms with van der Waals surface area (Å²) in [6, 6.07) is -0.200. The molecule has 0 spiro atoms. The van der Waals surface area contributed by atoms with Crippen molar-refractivity contribution < 1.29 is 9.59 Å². The zero-order chi connectivity index (χ0) is 13.5. The van der Waals surface area contributed by atoms with Gasteiger partial charge in [0.05, 0.1) is 5.92 Å². The normalized spacial score (nSPS) is 23.0. The topological polar surface area (TPSA) is 61.4 Å². The molecule has 3 amide bonds. The highest BCUT2D eigenvalue weighted by Crippen LogP contribution is 2.24. The number of urea groups is 1. The Bertz CT molecular complexity index is 317. The molecular weight excluding hydrogens is 230 g/mol. The van der Waals surface area contributed by atoms with E-state index in [1.807, 2.05) is 0 Å². The molecule has 0 saturated heterocycles. The minimum Gasteiger partial charge on any atom is -0.359 e. The van der Waals surface area contributed by atoms with Gasteiger partial charge in [-0.25, -0.2) is 4.79 Å². The molecule has 0 aromatic heterocycles. The Morgan fingerprint density at radius 3 is 2.67 bits per heavy atom. The predicted molar refractivity (Wildman–Crippen MR) is 71.2 cm³/mol. The molecular formula is C13H23N3O2. The van der Waals surface area contributed by atoms with Crippen LogP contribution in [0.1, 0.15) is 25.7 Å². The predicted octanol–water partition coefficient (Wildman–Crippen LogP) is 1.12. The first kappa shape index (κ1) is 14.5. The summed E-state index contributed by atoms with van der Waals surface area (Å²) in [6.07, 6.45) is 5.49. The van der Waals surface area contributed by atoms with Crippen molar-refractivity contribution in [2.24, 2.45) is 5.92 Å². The van der Waals surface area contributed by atoms with E-state index in [1.54, 1.807) is 25.1 Å². The molecule has 102 valence electrons. The zero-order valence-electron chi connectivity index (χ0n) is 11.2. The number of rotatable bonds is 4. The Morgan fingerprint density at radius 2 is 2.06 bits per heavy atom. The van der Waals surface area contributed by atoms with Gasteiger partial charge >= 0.3 is 6.03 Å². The summed E-state index contributed by atoms with van der Waals surface area (Å²) in [7, 11) is 3.36. The van der Waals surface area contributed by atoms with Gasteiger partial charge in [-0.1, -0.05) is 18.9 Å². The van der Waals surface area contributed by atoms with Crippen molar-refractivity contribution in [3.05, 3.63) is 12.7 Å². The quantitative estimate of drug-likeness (QED) is 0.738. The van der Waals surface area contributed by atoms with E-state index in [4.69, 9.17) is 0 Å². The lowest BCUT2D eigenvalue weighted by Crippen LogP contribution is -2.51. The fourth-order valence-electron chi connectivity index (χ4n) is 2.35. The molecule has 0 radical (unpaired) electrons. The van der Waals surface area contributed by atoms with Gasteiger partial charge in [0.15, 0.2) is 0 Å². The number of nitrogens with zero attached hydrogens (tertiary/aromatic N) is 1. The largest absolute Gasteiger partial charge is 0.359 e. The molecule has 1 aliphatic rings. The summed E-state index contributed by atoms with van der Waals surface area (Å²) in [6.45, 7) is 4.10.